The Labute approximate surface area is 334 Å². The Bertz CT molecular complexity index is 1810. The summed E-state index contributed by atoms with van der Waals surface area (Å²) >= 11 is 1.49. The van der Waals surface area contributed by atoms with Crippen LogP contribution in [0.3, 0.4) is 0 Å². The van der Waals surface area contributed by atoms with E-state index in [2.05, 4.69) is 33.9 Å². The number of hydrogen-bond donors (Lipinski definition) is 0. The van der Waals surface area contributed by atoms with Crippen LogP contribution in [0, 0.1) is 0 Å². The summed E-state index contributed by atoms with van der Waals surface area (Å²) in [6.45, 7) is 13.4. The zero-order chi connectivity index (χ0) is 39.7. The molecule has 0 heterocycles. The highest BCUT2D eigenvalue weighted by Crippen LogP contribution is 2.37. The highest BCUT2D eigenvalue weighted by molar-refractivity contribution is 8.14. The molecule has 0 saturated heterocycles. The average molecular weight is 808 g/mol. The normalized spacial score (nSPS) is 14.9. The number of rotatable bonds is 22. The molecule has 0 amide bonds. The first kappa shape index (κ1) is 44.4. The quantitative estimate of drug-likeness (QED) is 0.0253. The van der Waals surface area contributed by atoms with Gasteiger partial charge in [0.25, 0.3) is 18.4 Å². The smallest absolute Gasteiger partial charge is 0.286 e. The minimum Gasteiger partial charge on any atom is -0.454 e. The van der Waals surface area contributed by atoms with Crippen molar-refractivity contribution in [2.75, 3.05) is 18.6 Å². The van der Waals surface area contributed by atoms with E-state index in [9.17, 15) is 8.42 Å². The molecule has 0 radical (unpaired) electrons. The Balaban J connectivity index is 1.87. The summed E-state index contributed by atoms with van der Waals surface area (Å²) in [6, 6.07) is 39.0. The van der Waals surface area contributed by atoms with E-state index in [0.29, 0.717) is 10.8 Å². The molecule has 9 nitrogen and oxygen atoms in total. The van der Waals surface area contributed by atoms with Crippen molar-refractivity contribution in [2.24, 2.45) is 5.16 Å². The first-order chi connectivity index (χ1) is 26.3. The fourth-order valence-electron chi connectivity index (χ4n) is 5.24. The fourth-order valence-corrected chi connectivity index (χ4v) is 7.27. The van der Waals surface area contributed by atoms with Crippen molar-refractivity contribution in [3.63, 3.8) is 0 Å². The molecule has 0 aliphatic rings. The molecule has 0 N–H and O–H groups in total. The maximum atomic E-state index is 13.0. The Kier molecular flexibility index (Phi) is 17.6. The molecule has 4 atom stereocenters. The van der Waals surface area contributed by atoms with Gasteiger partial charge in [-0.05, 0) is 46.1 Å². The van der Waals surface area contributed by atoms with E-state index >= 15 is 0 Å². The summed E-state index contributed by atoms with van der Waals surface area (Å²) in [5.74, 6) is 0.662. The zero-order valence-electron chi connectivity index (χ0n) is 33.1. The van der Waals surface area contributed by atoms with Crippen LogP contribution in [0.25, 0.3) is 0 Å². The number of oxime groups is 1. The minimum atomic E-state index is -4.02. The third-order valence-electron chi connectivity index (χ3n) is 9.23. The molecule has 0 aromatic heterocycles. The molecule has 0 aliphatic heterocycles. The van der Waals surface area contributed by atoms with Gasteiger partial charge in [-0.15, -0.1) is 11.8 Å². The molecule has 0 spiro atoms. The highest BCUT2D eigenvalue weighted by atomic mass is 32.2. The second kappa shape index (κ2) is 21.8. The largest absolute Gasteiger partial charge is 0.454 e. The Morgan fingerprint density at radius 2 is 1.09 bits per heavy atom. The third-order valence-corrected chi connectivity index (χ3v) is 14.9. The maximum absolute atomic E-state index is 13.0. The Morgan fingerprint density at radius 1 is 0.673 bits per heavy atom. The van der Waals surface area contributed by atoms with Gasteiger partial charge in [-0.2, -0.15) is 8.42 Å². The van der Waals surface area contributed by atoms with Crippen LogP contribution in [0.5, 0.6) is 0 Å². The molecule has 0 saturated carbocycles. The summed E-state index contributed by atoms with van der Waals surface area (Å²) < 4.78 is 65.2. The van der Waals surface area contributed by atoms with E-state index in [1.165, 1.54) is 11.8 Å². The lowest BCUT2D eigenvalue weighted by Crippen LogP contribution is -2.53. The third kappa shape index (κ3) is 15.3. The second-order valence-corrected chi connectivity index (χ2v) is 22.4. The molecule has 55 heavy (non-hydrogen) atoms. The summed E-state index contributed by atoms with van der Waals surface area (Å²) in [5.41, 5.74) is 3.67. The lowest BCUT2D eigenvalue weighted by Gasteiger charge is -2.38. The van der Waals surface area contributed by atoms with Crippen molar-refractivity contribution in [1.29, 1.82) is 0 Å². The molecule has 12 heteroatoms. The number of benzene rings is 4. The van der Waals surface area contributed by atoms with Gasteiger partial charge < -0.3 is 23.5 Å². The summed E-state index contributed by atoms with van der Waals surface area (Å²) in [5, 5.41) is 5.30. The van der Waals surface area contributed by atoms with Crippen molar-refractivity contribution in [3.8, 4) is 0 Å². The van der Waals surface area contributed by atoms with Crippen molar-refractivity contribution >= 4 is 35.2 Å². The van der Waals surface area contributed by atoms with Gasteiger partial charge in [0.05, 0.1) is 39.3 Å². The van der Waals surface area contributed by atoms with Crippen molar-refractivity contribution in [3.05, 3.63) is 144 Å². The molecule has 4 aromatic carbocycles. The molecular formula is C43H57NO8S2Si. The minimum absolute atomic E-state index is 0.117. The van der Waals surface area contributed by atoms with E-state index in [0.717, 1.165) is 28.5 Å². The lowest BCUT2D eigenvalue weighted by molar-refractivity contribution is -0.168. The van der Waals surface area contributed by atoms with E-state index in [1.807, 2.05) is 128 Å². The van der Waals surface area contributed by atoms with Crippen LogP contribution < -0.4 is 0 Å². The van der Waals surface area contributed by atoms with Gasteiger partial charge in [0.2, 0.25) is 0 Å². The van der Waals surface area contributed by atoms with E-state index in [4.69, 9.17) is 32.8 Å². The molecule has 0 aliphatic carbocycles. The van der Waals surface area contributed by atoms with Gasteiger partial charge in [0.15, 0.2) is 0 Å². The fraction of sp³-hybridized carbons (Fsp3) is 0.419. The second-order valence-electron chi connectivity index (χ2n) is 14.8. The predicted octanol–water partition coefficient (Wildman–Crippen LogP) is 9.39. The van der Waals surface area contributed by atoms with Crippen LogP contribution in [0.1, 0.15) is 49.9 Å². The standard InChI is InChI=1S/C43H57NO8S2Si/c1-8-53-42(44-52-55(6,7)43(2,3)4)41(50-32-37-27-19-12-20-28-37)40(49-31-36-25-17-11-18-26-36)39(48-30-35-23-15-10-16-24-35)38(51-54(5,45)46)33-47-29-34-21-13-9-14-22-34/h9-28,38-41H,8,29-33H2,1-7H3/b44-42-/t38-,39+,40+,41-/m1/s1. The van der Waals surface area contributed by atoms with Crippen molar-refractivity contribution < 1.29 is 36.1 Å². The van der Waals surface area contributed by atoms with Crippen LogP contribution in [-0.4, -0.2) is 64.8 Å². The van der Waals surface area contributed by atoms with Crippen LogP contribution in [0.2, 0.25) is 18.1 Å². The monoisotopic (exact) mass is 807 g/mol. The van der Waals surface area contributed by atoms with Crippen LogP contribution in [0.4, 0.5) is 0 Å². The number of hydrogen-bond acceptors (Lipinski definition) is 10. The maximum Gasteiger partial charge on any atom is 0.286 e. The number of ether oxygens (including phenoxy) is 4. The summed E-state index contributed by atoms with van der Waals surface area (Å²) in [4.78, 5) is 0. The van der Waals surface area contributed by atoms with Gasteiger partial charge in [-0.3, -0.25) is 4.18 Å². The zero-order valence-corrected chi connectivity index (χ0v) is 35.8. The lowest BCUT2D eigenvalue weighted by atomic mass is 10.0. The van der Waals surface area contributed by atoms with Crippen LogP contribution in [-0.2, 0) is 64.2 Å². The Morgan fingerprint density at radius 3 is 1.51 bits per heavy atom. The van der Waals surface area contributed by atoms with Gasteiger partial charge in [-0.25, -0.2) is 0 Å². The summed E-state index contributed by atoms with van der Waals surface area (Å²) in [6.07, 6.45) is -2.98. The van der Waals surface area contributed by atoms with Crippen molar-refractivity contribution in [2.45, 2.75) is 96.7 Å². The average Bonchev–Trinajstić information content (AvgIpc) is 3.16. The van der Waals surface area contributed by atoms with E-state index < -0.39 is 42.9 Å². The molecule has 4 rings (SSSR count). The topological polar surface area (TPSA) is 102 Å². The van der Waals surface area contributed by atoms with Gasteiger partial charge in [0.1, 0.15) is 29.5 Å². The van der Waals surface area contributed by atoms with Gasteiger partial charge in [-0.1, -0.05) is 154 Å². The molecule has 0 fully saturated rings. The first-order valence-corrected chi connectivity index (χ1v) is 24.3. The SMILES string of the molecule is CCS/C(=N\O[Si](C)(C)C(C)(C)C)[C@H](OCc1ccccc1)[C@@H](OCc1ccccc1)[C@@H](OCc1ccccc1)[C@@H](COCc1ccccc1)OS(C)(=O)=O. The molecule has 0 bridgehead atoms. The van der Waals surface area contributed by atoms with Gasteiger partial charge in [0, 0.05) is 0 Å². The number of nitrogens with zero attached hydrogens (tertiary/aromatic N) is 1. The Hall–Kier alpha value is -3.33. The number of thioether (sulfide) groups is 1. The van der Waals surface area contributed by atoms with Crippen LogP contribution in [0.15, 0.2) is 126 Å². The van der Waals surface area contributed by atoms with Crippen LogP contribution >= 0.6 is 11.8 Å². The van der Waals surface area contributed by atoms with E-state index in [1.54, 1.807) is 0 Å². The molecule has 298 valence electrons. The summed E-state index contributed by atoms with van der Waals surface area (Å²) in [7, 11) is -6.39. The van der Waals surface area contributed by atoms with Crippen molar-refractivity contribution in [1.82, 2.24) is 0 Å². The molecule has 0 unspecified atom stereocenters. The predicted molar refractivity (Wildman–Crippen MR) is 225 cm³/mol. The van der Waals surface area contributed by atoms with E-state index in [-0.39, 0.29) is 38.1 Å². The molecule has 4 aromatic rings. The first-order valence-electron chi connectivity index (χ1n) is 18.6. The molecular weight excluding hydrogens is 751 g/mol. The highest BCUT2D eigenvalue weighted by Gasteiger charge is 2.44. The van der Waals surface area contributed by atoms with Gasteiger partial charge >= 0.3 is 0 Å².